The number of benzene rings is 1. The largest absolute Gasteiger partial charge is 0.490 e. The van der Waals surface area contributed by atoms with E-state index in [1.54, 1.807) is 18.2 Å². The summed E-state index contributed by atoms with van der Waals surface area (Å²) in [4.78, 5) is 10.8. The van der Waals surface area contributed by atoms with E-state index in [-0.39, 0.29) is 19.0 Å². The van der Waals surface area contributed by atoms with Gasteiger partial charge in [0.1, 0.15) is 0 Å². The number of para-hydroxylation sites is 1. The van der Waals surface area contributed by atoms with Crippen LogP contribution in [0.5, 0.6) is 5.75 Å². The number of halogens is 2. The van der Waals surface area contributed by atoms with Crippen LogP contribution >= 0.6 is 23.2 Å². The Morgan fingerprint density at radius 2 is 1.93 bits per heavy atom. The zero-order valence-corrected chi connectivity index (χ0v) is 9.64. The molecule has 0 fully saturated rings. The summed E-state index contributed by atoms with van der Waals surface area (Å²) in [5, 5.41) is 0.847. The quantitative estimate of drug-likeness (QED) is 0.769. The van der Waals surface area contributed by atoms with Crippen LogP contribution in [-0.2, 0) is 9.53 Å². The van der Waals surface area contributed by atoms with Crippen molar-refractivity contribution in [3.63, 3.8) is 0 Å². The predicted molar refractivity (Wildman–Crippen MR) is 58.6 cm³/mol. The molecule has 0 atom stereocenters. The van der Waals surface area contributed by atoms with Crippen molar-refractivity contribution in [1.82, 2.24) is 0 Å². The Morgan fingerprint density at radius 1 is 1.33 bits per heavy atom. The summed E-state index contributed by atoms with van der Waals surface area (Å²) < 4.78 is 9.74. The fourth-order valence-corrected chi connectivity index (χ4v) is 1.47. The van der Waals surface area contributed by atoms with E-state index >= 15 is 0 Å². The number of hydrogen-bond donors (Lipinski definition) is 0. The smallest absolute Gasteiger partial charge is 0.308 e. The standard InChI is InChI=1S/C10H10Cl2O3/c1-14-9(13)5-6-15-10-7(11)3-2-4-8(10)12/h2-4H,5-6H2,1H3. The summed E-state index contributed by atoms with van der Waals surface area (Å²) in [6.07, 6.45) is 0.165. The van der Waals surface area contributed by atoms with Gasteiger partial charge in [0.05, 0.1) is 30.2 Å². The topological polar surface area (TPSA) is 35.5 Å². The highest BCUT2D eigenvalue weighted by Crippen LogP contribution is 2.32. The van der Waals surface area contributed by atoms with Gasteiger partial charge in [-0.3, -0.25) is 4.79 Å². The monoisotopic (exact) mass is 248 g/mol. The molecule has 1 aromatic rings. The highest BCUT2D eigenvalue weighted by Gasteiger charge is 2.07. The Hall–Kier alpha value is -0.930. The number of carbonyl (C=O) groups excluding carboxylic acids is 1. The van der Waals surface area contributed by atoms with Crippen LogP contribution in [0, 0.1) is 0 Å². The summed E-state index contributed by atoms with van der Waals surface area (Å²) in [6, 6.07) is 5.06. The number of carbonyl (C=O) groups is 1. The van der Waals surface area contributed by atoms with Gasteiger partial charge in [-0.2, -0.15) is 0 Å². The van der Waals surface area contributed by atoms with E-state index in [0.29, 0.717) is 15.8 Å². The summed E-state index contributed by atoms with van der Waals surface area (Å²) in [5.74, 6) is 0.0583. The molecular weight excluding hydrogens is 239 g/mol. The summed E-state index contributed by atoms with van der Waals surface area (Å²) in [6.45, 7) is 0.191. The molecule has 0 N–H and O–H groups in total. The Kier molecular flexibility index (Phi) is 4.72. The highest BCUT2D eigenvalue weighted by molar-refractivity contribution is 6.37. The first-order chi connectivity index (χ1) is 7.15. The van der Waals surface area contributed by atoms with E-state index in [0.717, 1.165) is 0 Å². The molecule has 0 radical (unpaired) electrons. The molecule has 0 unspecified atom stereocenters. The second kappa shape index (κ2) is 5.83. The lowest BCUT2D eigenvalue weighted by atomic mass is 10.3. The lowest BCUT2D eigenvalue weighted by Crippen LogP contribution is -2.07. The number of rotatable bonds is 4. The Labute approximate surface area is 97.9 Å². The van der Waals surface area contributed by atoms with Crippen LogP contribution in [-0.4, -0.2) is 19.7 Å². The molecule has 0 spiro atoms. The Morgan fingerprint density at radius 3 is 2.47 bits per heavy atom. The maximum atomic E-state index is 10.8. The molecule has 82 valence electrons. The molecular formula is C10H10Cl2O3. The van der Waals surface area contributed by atoms with E-state index in [1.807, 2.05) is 0 Å². The molecule has 0 saturated carbocycles. The average Bonchev–Trinajstić information content (AvgIpc) is 2.22. The molecule has 5 heteroatoms. The number of hydrogen-bond acceptors (Lipinski definition) is 3. The highest BCUT2D eigenvalue weighted by atomic mass is 35.5. The molecule has 0 aromatic heterocycles. The predicted octanol–water partition coefficient (Wildman–Crippen LogP) is 2.94. The number of esters is 1. The van der Waals surface area contributed by atoms with Crippen molar-refractivity contribution < 1.29 is 14.3 Å². The first-order valence-corrected chi connectivity index (χ1v) is 5.04. The van der Waals surface area contributed by atoms with Gasteiger partial charge in [-0.1, -0.05) is 29.3 Å². The van der Waals surface area contributed by atoms with Crippen molar-refractivity contribution >= 4 is 29.2 Å². The van der Waals surface area contributed by atoms with Gasteiger partial charge < -0.3 is 9.47 Å². The van der Waals surface area contributed by atoms with Gasteiger partial charge in [-0.25, -0.2) is 0 Å². The van der Waals surface area contributed by atoms with Gasteiger partial charge in [-0.05, 0) is 12.1 Å². The van der Waals surface area contributed by atoms with Gasteiger partial charge in [-0.15, -0.1) is 0 Å². The van der Waals surface area contributed by atoms with Crippen LogP contribution < -0.4 is 4.74 Å². The number of ether oxygens (including phenoxy) is 2. The normalized spacial score (nSPS) is 9.80. The lowest BCUT2D eigenvalue weighted by molar-refractivity contribution is -0.141. The minimum atomic E-state index is -0.335. The van der Waals surface area contributed by atoms with E-state index in [1.165, 1.54) is 7.11 Å². The molecule has 0 heterocycles. The molecule has 1 rings (SSSR count). The molecule has 0 bridgehead atoms. The second-order valence-corrected chi connectivity index (χ2v) is 3.54. The van der Waals surface area contributed by atoms with Gasteiger partial charge >= 0.3 is 5.97 Å². The fraction of sp³-hybridized carbons (Fsp3) is 0.300. The van der Waals surface area contributed by atoms with E-state index in [9.17, 15) is 4.79 Å². The molecule has 0 amide bonds. The van der Waals surface area contributed by atoms with Crippen molar-refractivity contribution in [3.05, 3.63) is 28.2 Å². The van der Waals surface area contributed by atoms with Crippen LogP contribution in [0.4, 0.5) is 0 Å². The SMILES string of the molecule is COC(=O)CCOc1c(Cl)cccc1Cl. The van der Waals surface area contributed by atoms with E-state index in [4.69, 9.17) is 27.9 Å². The first-order valence-electron chi connectivity index (χ1n) is 4.28. The minimum absolute atomic E-state index is 0.165. The third kappa shape index (κ3) is 3.61. The van der Waals surface area contributed by atoms with Gasteiger partial charge in [0.15, 0.2) is 5.75 Å². The molecule has 15 heavy (non-hydrogen) atoms. The summed E-state index contributed by atoms with van der Waals surface area (Å²) in [5.41, 5.74) is 0. The van der Waals surface area contributed by atoms with Crippen LogP contribution in [0.1, 0.15) is 6.42 Å². The molecule has 3 nitrogen and oxygen atoms in total. The Bertz CT molecular complexity index is 332. The van der Waals surface area contributed by atoms with Crippen molar-refractivity contribution in [2.24, 2.45) is 0 Å². The van der Waals surface area contributed by atoms with Crippen LogP contribution in [0.15, 0.2) is 18.2 Å². The van der Waals surface area contributed by atoms with E-state index < -0.39 is 0 Å². The first kappa shape index (κ1) is 12.1. The van der Waals surface area contributed by atoms with Crippen LogP contribution in [0.2, 0.25) is 10.0 Å². The minimum Gasteiger partial charge on any atom is -0.490 e. The maximum Gasteiger partial charge on any atom is 0.308 e. The summed E-state index contributed by atoms with van der Waals surface area (Å²) in [7, 11) is 1.32. The average molecular weight is 249 g/mol. The van der Waals surface area contributed by atoms with Crippen LogP contribution in [0.3, 0.4) is 0 Å². The Balaban J connectivity index is 2.54. The van der Waals surface area contributed by atoms with E-state index in [2.05, 4.69) is 4.74 Å². The molecule has 0 aliphatic carbocycles. The second-order valence-electron chi connectivity index (χ2n) is 2.73. The summed E-state index contributed by atoms with van der Waals surface area (Å²) >= 11 is 11.7. The zero-order chi connectivity index (χ0) is 11.3. The zero-order valence-electron chi connectivity index (χ0n) is 8.13. The number of methoxy groups -OCH3 is 1. The fourth-order valence-electron chi connectivity index (χ4n) is 0.959. The van der Waals surface area contributed by atoms with Gasteiger partial charge in [0.2, 0.25) is 0 Å². The molecule has 0 aliphatic rings. The van der Waals surface area contributed by atoms with Crippen molar-refractivity contribution in [1.29, 1.82) is 0 Å². The third-order valence-corrected chi connectivity index (χ3v) is 2.29. The molecule has 0 saturated heterocycles. The van der Waals surface area contributed by atoms with Gasteiger partial charge in [0.25, 0.3) is 0 Å². The molecule has 0 aliphatic heterocycles. The van der Waals surface area contributed by atoms with Crippen molar-refractivity contribution in [2.75, 3.05) is 13.7 Å². The third-order valence-electron chi connectivity index (χ3n) is 1.70. The molecule has 1 aromatic carbocycles. The van der Waals surface area contributed by atoms with Crippen LogP contribution in [0.25, 0.3) is 0 Å². The van der Waals surface area contributed by atoms with Gasteiger partial charge in [0, 0.05) is 0 Å². The van der Waals surface area contributed by atoms with Crippen molar-refractivity contribution in [2.45, 2.75) is 6.42 Å². The maximum absolute atomic E-state index is 10.8. The van der Waals surface area contributed by atoms with Crippen molar-refractivity contribution in [3.8, 4) is 5.75 Å². The lowest BCUT2D eigenvalue weighted by Gasteiger charge is -2.08.